The maximum Gasteiger partial charge on any atom is 0.415 e. The number of halogens is 1. The lowest BCUT2D eigenvalue weighted by Gasteiger charge is -2.38. The number of benzene rings is 1. The van der Waals surface area contributed by atoms with Gasteiger partial charge in [0.25, 0.3) is 0 Å². The van der Waals surface area contributed by atoms with Gasteiger partial charge in [0.15, 0.2) is 0 Å². The van der Waals surface area contributed by atoms with Gasteiger partial charge in [0.1, 0.15) is 5.60 Å². The first-order valence-electron chi connectivity index (χ1n) is 7.13. The summed E-state index contributed by atoms with van der Waals surface area (Å²) in [5, 5.41) is 0. The van der Waals surface area contributed by atoms with Gasteiger partial charge in [-0.1, -0.05) is 28.9 Å². The molecule has 1 aliphatic heterocycles. The Morgan fingerprint density at radius 2 is 2.15 bits per heavy atom. The van der Waals surface area contributed by atoms with Crippen molar-refractivity contribution in [3.05, 3.63) is 28.2 Å². The molecule has 4 heteroatoms. The first kappa shape index (κ1) is 15.4. The van der Waals surface area contributed by atoms with E-state index in [0.717, 1.165) is 29.4 Å². The largest absolute Gasteiger partial charge is 0.443 e. The number of carbonyl (C=O) groups is 1. The van der Waals surface area contributed by atoms with Gasteiger partial charge in [-0.15, -0.1) is 0 Å². The molecule has 0 N–H and O–H groups in total. The molecule has 0 saturated heterocycles. The van der Waals surface area contributed by atoms with Crippen molar-refractivity contribution < 1.29 is 9.53 Å². The number of fused-ring (bicyclic) bond motifs is 1. The Bertz CT molecular complexity index is 508. The minimum absolute atomic E-state index is 0.214. The number of hydrogen-bond acceptors (Lipinski definition) is 2. The molecule has 0 aromatic heterocycles. The van der Waals surface area contributed by atoms with Gasteiger partial charge in [-0.2, -0.15) is 0 Å². The molecule has 1 amide bonds. The summed E-state index contributed by atoms with van der Waals surface area (Å²) in [7, 11) is 0. The molecule has 1 heterocycles. The van der Waals surface area contributed by atoms with Crippen molar-refractivity contribution >= 4 is 27.7 Å². The Labute approximate surface area is 129 Å². The first-order valence-corrected chi connectivity index (χ1v) is 7.92. The van der Waals surface area contributed by atoms with Crippen molar-refractivity contribution in [2.75, 3.05) is 4.90 Å². The van der Waals surface area contributed by atoms with E-state index in [2.05, 4.69) is 22.9 Å². The first-order chi connectivity index (χ1) is 9.33. The molecule has 1 atom stereocenters. The summed E-state index contributed by atoms with van der Waals surface area (Å²) >= 11 is 3.58. The van der Waals surface area contributed by atoms with E-state index in [1.54, 1.807) is 0 Å². The Morgan fingerprint density at radius 1 is 1.45 bits per heavy atom. The van der Waals surface area contributed by atoms with Crippen LogP contribution in [-0.2, 0) is 11.2 Å². The van der Waals surface area contributed by atoms with Crippen LogP contribution in [0.1, 0.15) is 46.1 Å². The second-order valence-electron chi connectivity index (χ2n) is 6.19. The fraction of sp³-hybridized carbons (Fsp3) is 0.562. The Balaban J connectivity index is 2.38. The number of nitrogens with zero attached hydrogens (tertiary/aromatic N) is 1. The fourth-order valence-corrected chi connectivity index (χ4v) is 3.16. The highest BCUT2D eigenvalue weighted by Gasteiger charge is 2.33. The van der Waals surface area contributed by atoms with Crippen molar-refractivity contribution in [1.82, 2.24) is 0 Å². The predicted octanol–water partition coefficient (Wildman–Crippen LogP) is 4.92. The molecule has 110 valence electrons. The van der Waals surface area contributed by atoms with Crippen LogP contribution in [0.4, 0.5) is 10.5 Å². The SMILES string of the molecule is CCC1CCc2c(Br)cccc2N1C(=O)OC(C)(C)C. The van der Waals surface area contributed by atoms with Crippen molar-refractivity contribution in [2.45, 2.75) is 58.6 Å². The summed E-state index contributed by atoms with van der Waals surface area (Å²) in [4.78, 5) is 14.4. The molecular formula is C16H22BrNO2. The molecule has 3 nitrogen and oxygen atoms in total. The Kier molecular flexibility index (Phi) is 4.43. The van der Waals surface area contributed by atoms with Crippen LogP contribution in [0.2, 0.25) is 0 Å². The number of rotatable bonds is 1. The molecule has 1 aromatic carbocycles. The minimum Gasteiger partial charge on any atom is -0.443 e. The van der Waals surface area contributed by atoms with Crippen molar-refractivity contribution in [3.8, 4) is 0 Å². The topological polar surface area (TPSA) is 29.5 Å². The number of anilines is 1. The highest BCUT2D eigenvalue weighted by atomic mass is 79.9. The average Bonchev–Trinajstić information content (AvgIpc) is 2.35. The van der Waals surface area contributed by atoms with E-state index in [4.69, 9.17) is 4.74 Å². The molecule has 0 saturated carbocycles. The smallest absolute Gasteiger partial charge is 0.415 e. The fourth-order valence-electron chi connectivity index (χ4n) is 2.60. The predicted molar refractivity (Wildman–Crippen MR) is 85.3 cm³/mol. The van der Waals surface area contributed by atoms with Crippen LogP contribution in [0.15, 0.2) is 22.7 Å². The zero-order chi connectivity index (χ0) is 14.9. The molecule has 1 aliphatic rings. The maximum absolute atomic E-state index is 12.5. The second-order valence-corrected chi connectivity index (χ2v) is 7.04. The third-order valence-corrected chi connectivity index (χ3v) is 4.25. The third-order valence-electron chi connectivity index (χ3n) is 3.51. The molecule has 1 unspecified atom stereocenters. The lowest BCUT2D eigenvalue weighted by Crippen LogP contribution is -2.46. The molecule has 0 fully saturated rings. The van der Waals surface area contributed by atoms with Crippen LogP contribution in [0.5, 0.6) is 0 Å². The van der Waals surface area contributed by atoms with Gasteiger partial charge < -0.3 is 4.74 Å². The van der Waals surface area contributed by atoms with Crippen LogP contribution in [0, 0.1) is 0 Å². The van der Waals surface area contributed by atoms with Crippen molar-refractivity contribution in [3.63, 3.8) is 0 Å². The van der Waals surface area contributed by atoms with Crippen LogP contribution in [0.3, 0.4) is 0 Å². The molecule has 0 spiro atoms. The van der Waals surface area contributed by atoms with Gasteiger partial charge in [0.05, 0.1) is 5.69 Å². The average molecular weight is 340 g/mol. The van der Waals surface area contributed by atoms with Crippen LogP contribution >= 0.6 is 15.9 Å². The van der Waals surface area contributed by atoms with E-state index in [9.17, 15) is 4.79 Å². The highest BCUT2D eigenvalue weighted by Crippen LogP contribution is 2.37. The van der Waals surface area contributed by atoms with Crippen molar-refractivity contribution in [2.24, 2.45) is 0 Å². The number of ether oxygens (including phenoxy) is 1. The van der Waals surface area contributed by atoms with E-state index in [-0.39, 0.29) is 12.1 Å². The van der Waals surface area contributed by atoms with Gasteiger partial charge in [0.2, 0.25) is 0 Å². The van der Waals surface area contributed by atoms with E-state index in [1.165, 1.54) is 5.56 Å². The lowest BCUT2D eigenvalue weighted by atomic mass is 9.95. The second kappa shape index (κ2) is 5.76. The van der Waals surface area contributed by atoms with Gasteiger partial charge in [-0.25, -0.2) is 4.79 Å². The Hall–Kier alpha value is -1.03. The summed E-state index contributed by atoms with van der Waals surface area (Å²) in [6, 6.07) is 6.22. The quantitative estimate of drug-likeness (QED) is 0.727. The van der Waals surface area contributed by atoms with E-state index >= 15 is 0 Å². The number of hydrogen-bond donors (Lipinski definition) is 0. The molecule has 1 aromatic rings. The van der Waals surface area contributed by atoms with Gasteiger partial charge >= 0.3 is 6.09 Å². The zero-order valence-electron chi connectivity index (χ0n) is 12.6. The maximum atomic E-state index is 12.5. The van der Waals surface area contributed by atoms with Crippen molar-refractivity contribution in [1.29, 1.82) is 0 Å². The summed E-state index contributed by atoms with van der Waals surface area (Å²) in [6.07, 6.45) is 2.66. The van der Waals surface area contributed by atoms with Gasteiger partial charge in [0, 0.05) is 10.5 Å². The number of amides is 1. The molecular weight excluding hydrogens is 318 g/mol. The monoisotopic (exact) mass is 339 g/mol. The standard InChI is InChI=1S/C16H22BrNO2/c1-5-11-9-10-12-13(17)7-6-8-14(12)18(11)15(19)20-16(2,3)4/h6-8,11H,5,9-10H2,1-4H3. The number of carbonyl (C=O) groups excluding carboxylic acids is 1. The molecule has 0 radical (unpaired) electrons. The summed E-state index contributed by atoms with van der Waals surface area (Å²) in [5.41, 5.74) is 1.70. The summed E-state index contributed by atoms with van der Waals surface area (Å²) in [5.74, 6) is 0. The molecule has 20 heavy (non-hydrogen) atoms. The van der Waals surface area contributed by atoms with Crippen LogP contribution in [0.25, 0.3) is 0 Å². The summed E-state index contributed by atoms with van der Waals surface area (Å²) in [6.45, 7) is 7.82. The minimum atomic E-state index is -0.473. The normalized spacial score (nSPS) is 18.6. The van der Waals surface area contributed by atoms with Crippen LogP contribution in [-0.4, -0.2) is 17.7 Å². The zero-order valence-corrected chi connectivity index (χ0v) is 14.2. The highest BCUT2D eigenvalue weighted by molar-refractivity contribution is 9.10. The van der Waals surface area contributed by atoms with Gasteiger partial charge in [-0.05, 0) is 57.7 Å². The van der Waals surface area contributed by atoms with Gasteiger partial charge in [-0.3, -0.25) is 4.90 Å². The third kappa shape index (κ3) is 3.17. The van der Waals surface area contributed by atoms with Crippen LogP contribution < -0.4 is 4.90 Å². The summed E-state index contributed by atoms with van der Waals surface area (Å²) < 4.78 is 6.65. The molecule has 0 aliphatic carbocycles. The molecule has 2 rings (SSSR count). The van der Waals surface area contributed by atoms with E-state index < -0.39 is 5.60 Å². The molecule has 0 bridgehead atoms. The Morgan fingerprint density at radius 3 is 2.75 bits per heavy atom. The lowest BCUT2D eigenvalue weighted by molar-refractivity contribution is 0.0559. The van der Waals surface area contributed by atoms with E-state index in [1.807, 2.05) is 43.9 Å². The van der Waals surface area contributed by atoms with E-state index in [0.29, 0.717) is 0 Å².